The summed E-state index contributed by atoms with van der Waals surface area (Å²) in [6.45, 7) is 4.56. The molecule has 0 unspecified atom stereocenters. The topological polar surface area (TPSA) is 102 Å². The average molecular weight is 266 g/mol. The van der Waals surface area contributed by atoms with E-state index in [1.54, 1.807) is 0 Å². The Morgan fingerprint density at radius 3 is 2.05 bits per heavy atom. The van der Waals surface area contributed by atoms with E-state index in [9.17, 15) is 4.79 Å². The zero-order valence-corrected chi connectivity index (χ0v) is 10.5. The molecule has 2 rings (SSSR count). The highest BCUT2D eigenvalue weighted by Gasteiger charge is 1.97. The highest BCUT2D eigenvalue weighted by molar-refractivity contribution is 5.85. The fourth-order valence-electron chi connectivity index (χ4n) is 1.42. The molecular formula is C13H18N2O4. The SMILES string of the molecule is C1CNCCN1.O=C(O)/C=C/c1ccc(O)c(O)c1. The van der Waals surface area contributed by atoms with Crippen molar-refractivity contribution in [2.75, 3.05) is 26.2 Å². The molecule has 0 aromatic heterocycles. The van der Waals surface area contributed by atoms with Crippen molar-refractivity contribution in [1.82, 2.24) is 10.6 Å². The Hall–Kier alpha value is -2.05. The molecule has 1 aliphatic heterocycles. The molecule has 1 aromatic carbocycles. The molecule has 0 spiro atoms. The third-order valence-electron chi connectivity index (χ3n) is 2.37. The van der Waals surface area contributed by atoms with Gasteiger partial charge in [-0.15, -0.1) is 0 Å². The Labute approximate surface area is 111 Å². The van der Waals surface area contributed by atoms with Gasteiger partial charge in [0.2, 0.25) is 0 Å². The van der Waals surface area contributed by atoms with Crippen molar-refractivity contribution in [3.8, 4) is 11.5 Å². The molecule has 1 aliphatic rings. The van der Waals surface area contributed by atoms with E-state index < -0.39 is 5.97 Å². The molecule has 1 heterocycles. The molecule has 0 bridgehead atoms. The number of phenols is 2. The fourth-order valence-corrected chi connectivity index (χ4v) is 1.42. The number of benzene rings is 1. The van der Waals surface area contributed by atoms with Crippen LogP contribution in [0.15, 0.2) is 24.3 Å². The van der Waals surface area contributed by atoms with Crippen molar-refractivity contribution in [3.63, 3.8) is 0 Å². The largest absolute Gasteiger partial charge is 0.504 e. The van der Waals surface area contributed by atoms with E-state index in [4.69, 9.17) is 15.3 Å². The lowest BCUT2D eigenvalue weighted by atomic mass is 10.2. The summed E-state index contributed by atoms with van der Waals surface area (Å²) in [4.78, 5) is 10.1. The van der Waals surface area contributed by atoms with E-state index in [2.05, 4.69) is 10.6 Å². The van der Waals surface area contributed by atoms with Gasteiger partial charge in [-0.3, -0.25) is 0 Å². The molecule has 6 heteroatoms. The van der Waals surface area contributed by atoms with E-state index in [1.807, 2.05) is 0 Å². The Balaban J connectivity index is 0.000000250. The van der Waals surface area contributed by atoms with E-state index in [1.165, 1.54) is 24.3 Å². The number of aliphatic carboxylic acids is 1. The Morgan fingerprint density at radius 2 is 1.63 bits per heavy atom. The summed E-state index contributed by atoms with van der Waals surface area (Å²) in [6.07, 6.45) is 2.27. The van der Waals surface area contributed by atoms with Crippen molar-refractivity contribution in [3.05, 3.63) is 29.8 Å². The van der Waals surface area contributed by atoms with Crippen LogP contribution in [-0.2, 0) is 4.79 Å². The molecule has 0 saturated carbocycles. The van der Waals surface area contributed by atoms with Gasteiger partial charge in [-0.05, 0) is 23.8 Å². The second-order valence-electron chi connectivity index (χ2n) is 3.92. The van der Waals surface area contributed by atoms with E-state index in [0.29, 0.717) is 5.56 Å². The van der Waals surface area contributed by atoms with Gasteiger partial charge in [0.05, 0.1) is 0 Å². The van der Waals surface area contributed by atoms with Gasteiger partial charge in [0.15, 0.2) is 11.5 Å². The Morgan fingerprint density at radius 1 is 1.05 bits per heavy atom. The molecule has 1 fully saturated rings. The zero-order chi connectivity index (χ0) is 14.1. The van der Waals surface area contributed by atoms with Gasteiger partial charge in [-0.25, -0.2) is 4.79 Å². The summed E-state index contributed by atoms with van der Waals surface area (Å²) in [6, 6.07) is 4.06. The number of nitrogens with one attached hydrogen (secondary N) is 2. The van der Waals surface area contributed by atoms with Crippen LogP contribution in [0.2, 0.25) is 0 Å². The van der Waals surface area contributed by atoms with Gasteiger partial charge >= 0.3 is 5.97 Å². The number of hydrogen-bond acceptors (Lipinski definition) is 5. The van der Waals surface area contributed by atoms with Crippen LogP contribution >= 0.6 is 0 Å². The molecule has 1 saturated heterocycles. The summed E-state index contributed by atoms with van der Waals surface area (Å²) in [5.74, 6) is -1.56. The first-order valence-corrected chi connectivity index (χ1v) is 5.94. The predicted molar refractivity (Wildman–Crippen MR) is 72.2 cm³/mol. The molecule has 0 radical (unpaired) electrons. The molecule has 5 N–H and O–H groups in total. The summed E-state index contributed by atoms with van der Waals surface area (Å²) in [5, 5.41) is 32.7. The summed E-state index contributed by atoms with van der Waals surface area (Å²) in [7, 11) is 0. The van der Waals surface area contributed by atoms with Gasteiger partial charge in [0.25, 0.3) is 0 Å². The highest BCUT2D eigenvalue weighted by Crippen LogP contribution is 2.25. The zero-order valence-electron chi connectivity index (χ0n) is 10.5. The van der Waals surface area contributed by atoms with Crippen LogP contribution in [0, 0.1) is 0 Å². The quantitative estimate of drug-likeness (QED) is 0.392. The second-order valence-corrected chi connectivity index (χ2v) is 3.92. The fraction of sp³-hybridized carbons (Fsp3) is 0.308. The van der Waals surface area contributed by atoms with Crippen molar-refractivity contribution in [2.45, 2.75) is 0 Å². The van der Waals surface area contributed by atoms with Crippen LogP contribution in [-0.4, -0.2) is 47.5 Å². The maximum atomic E-state index is 10.1. The van der Waals surface area contributed by atoms with Gasteiger partial charge in [0, 0.05) is 32.3 Å². The minimum absolute atomic E-state index is 0.229. The smallest absolute Gasteiger partial charge is 0.328 e. The lowest BCUT2D eigenvalue weighted by molar-refractivity contribution is -0.131. The monoisotopic (exact) mass is 266 g/mol. The van der Waals surface area contributed by atoms with Crippen LogP contribution in [0.25, 0.3) is 6.08 Å². The van der Waals surface area contributed by atoms with Gasteiger partial charge in [-0.2, -0.15) is 0 Å². The minimum atomic E-state index is -1.06. The second kappa shape index (κ2) is 8.12. The summed E-state index contributed by atoms with van der Waals surface area (Å²) in [5.41, 5.74) is 0.512. The van der Waals surface area contributed by atoms with Crippen molar-refractivity contribution < 1.29 is 20.1 Å². The predicted octanol–water partition coefficient (Wildman–Crippen LogP) is 0.375. The molecule has 0 atom stereocenters. The van der Waals surface area contributed by atoms with Crippen LogP contribution in [0.4, 0.5) is 0 Å². The number of carboxylic acid groups (broad SMARTS) is 1. The third-order valence-corrected chi connectivity index (χ3v) is 2.37. The van der Waals surface area contributed by atoms with E-state index in [0.717, 1.165) is 32.3 Å². The Kier molecular flexibility index (Phi) is 6.42. The lowest BCUT2D eigenvalue weighted by Crippen LogP contribution is -2.39. The number of rotatable bonds is 2. The molecule has 6 nitrogen and oxygen atoms in total. The minimum Gasteiger partial charge on any atom is -0.504 e. The first-order valence-electron chi connectivity index (χ1n) is 5.94. The number of piperazine rings is 1. The van der Waals surface area contributed by atoms with Crippen LogP contribution in [0.5, 0.6) is 11.5 Å². The summed E-state index contributed by atoms with van der Waals surface area (Å²) >= 11 is 0. The normalized spacial score (nSPS) is 14.7. The van der Waals surface area contributed by atoms with Crippen molar-refractivity contribution in [2.24, 2.45) is 0 Å². The lowest BCUT2D eigenvalue weighted by Gasteiger charge is -2.11. The third kappa shape index (κ3) is 6.44. The standard InChI is InChI=1S/C9H8O4.C4H10N2/c10-7-3-1-6(5-8(7)11)2-4-9(12)13;1-2-6-4-3-5-1/h1-5,10-11H,(H,12,13);5-6H,1-4H2/b4-2+;. The first-order chi connectivity index (χ1) is 9.09. The maximum Gasteiger partial charge on any atom is 0.328 e. The van der Waals surface area contributed by atoms with E-state index >= 15 is 0 Å². The molecule has 1 aromatic rings. The molecule has 19 heavy (non-hydrogen) atoms. The first kappa shape index (κ1) is 15.0. The molecule has 0 amide bonds. The van der Waals surface area contributed by atoms with Crippen LogP contribution < -0.4 is 10.6 Å². The molecule has 0 aliphatic carbocycles. The molecule has 104 valence electrons. The van der Waals surface area contributed by atoms with Crippen molar-refractivity contribution in [1.29, 1.82) is 0 Å². The average Bonchev–Trinajstić information content (AvgIpc) is 2.43. The number of carboxylic acids is 1. The number of aromatic hydroxyl groups is 2. The van der Waals surface area contributed by atoms with Gasteiger partial charge < -0.3 is 26.0 Å². The van der Waals surface area contributed by atoms with Crippen molar-refractivity contribution >= 4 is 12.0 Å². The Bertz CT molecular complexity index is 431. The molecular weight excluding hydrogens is 248 g/mol. The van der Waals surface area contributed by atoms with Gasteiger partial charge in [0.1, 0.15) is 0 Å². The number of carbonyl (C=O) groups is 1. The van der Waals surface area contributed by atoms with E-state index in [-0.39, 0.29) is 11.5 Å². The number of hydrogen-bond donors (Lipinski definition) is 5. The summed E-state index contributed by atoms with van der Waals surface area (Å²) < 4.78 is 0. The highest BCUT2D eigenvalue weighted by atomic mass is 16.4. The maximum absolute atomic E-state index is 10.1. The number of phenolic OH excluding ortho intramolecular Hbond substituents is 2. The van der Waals surface area contributed by atoms with Gasteiger partial charge in [-0.1, -0.05) is 6.07 Å². The van der Waals surface area contributed by atoms with Crippen LogP contribution in [0.1, 0.15) is 5.56 Å². The van der Waals surface area contributed by atoms with Crippen LogP contribution in [0.3, 0.4) is 0 Å².